The maximum atomic E-state index is 2.41. The average Bonchev–Trinajstić information content (AvgIpc) is 2.82. The van der Waals surface area contributed by atoms with Crippen LogP contribution in [0, 0.1) is 0 Å². The first-order valence-corrected chi connectivity index (χ1v) is 4.99. The lowest BCUT2D eigenvalue weighted by molar-refractivity contribution is 0.708. The van der Waals surface area contributed by atoms with Gasteiger partial charge in [0, 0.05) is 12.2 Å². The lowest BCUT2D eigenvalue weighted by Gasteiger charge is -2.16. The quantitative estimate of drug-likeness (QED) is 0.590. The summed E-state index contributed by atoms with van der Waals surface area (Å²) >= 11 is 0. The van der Waals surface area contributed by atoms with E-state index in [4.69, 9.17) is 0 Å². The Bertz CT molecular complexity index is 313. The molecule has 0 amide bonds. The largest absolute Gasteiger partial charge is 0.361 e. The van der Waals surface area contributed by atoms with Crippen molar-refractivity contribution in [2.24, 2.45) is 0 Å². The van der Waals surface area contributed by atoms with Crippen molar-refractivity contribution in [2.45, 2.75) is 19.9 Å². The smallest absolute Gasteiger partial charge is 0.0672 e. The summed E-state index contributed by atoms with van der Waals surface area (Å²) in [5, 5.41) is 0. The van der Waals surface area contributed by atoms with Crippen molar-refractivity contribution in [1.29, 1.82) is 0 Å². The van der Waals surface area contributed by atoms with E-state index in [1.807, 2.05) is 13.8 Å². The predicted octanol–water partition coefficient (Wildman–Crippen LogP) is 2.75. The highest BCUT2D eigenvalue weighted by Gasteiger charge is 2.42. The van der Waals surface area contributed by atoms with Crippen LogP contribution in [0.15, 0.2) is 36.4 Å². The van der Waals surface area contributed by atoms with E-state index in [1.165, 1.54) is 17.8 Å². The van der Waals surface area contributed by atoms with Gasteiger partial charge in [-0.1, -0.05) is 44.2 Å². The standard InChI is InChI=1S/C10H9N.C2H6/c1-2-4-8(5-3-1)10-6-9-7-11(9)10;1-2/h1-6,9H,7H2;1-2H3/t9-,11?;/m1./s1. The van der Waals surface area contributed by atoms with E-state index >= 15 is 0 Å². The Morgan fingerprint density at radius 3 is 2.31 bits per heavy atom. The molecule has 2 heterocycles. The minimum absolute atomic E-state index is 0.796. The molecule has 0 N–H and O–H groups in total. The average molecular weight is 173 g/mol. The highest BCUT2D eigenvalue weighted by Crippen LogP contribution is 2.41. The van der Waals surface area contributed by atoms with Crippen LogP contribution in [0.5, 0.6) is 0 Å². The third kappa shape index (κ3) is 1.35. The summed E-state index contributed by atoms with van der Waals surface area (Å²) in [5.41, 5.74) is 2.79. The molecule has 1 nitrogen and oxygen atoms in total. The van der Waals surface area contributed by atoms with Gasteiger partial charge in [0.2, 0.25) is 0 Å². The van der Waals surface area contributed by atoms with E-state index in [-0.39, 0.29) is 0 Å². The molecule has 1 fully saturated rings. The van der Waals surface area contributed by atoms with E-state index in [0.717, 1.165) is 6.04 Å². The van der Waals surface area contributed by atoms with Gasteiger partial charge in [-0.25, -0.2) is 0 Å². The molecule has 2 aliphatic heterocycles. The van der Waals surface area contributed by atoms with E-state index in [2.05, 4.69) is 41.3 Å². The molecule has 1 aromatic rings. The van der Waals surface area contributed by atoms with Crippen molar-refractivity contribution in [3.63, 3.8) is 0 Å². The Morgan fingerprint density at radius 1 is 1.15 bits per heavy atom. The SMILES string of the molecule is C1=C(c2ccccc2)N2C[C@@H]12.CC. The van der Waals surface area contributed by atoms with Gasteiger partial charge in [0.25, 0.3) is 0 Å². The Morgan fingerprint density at radius 2 is 1.85 bits per heavy atom. The Labute approximate surface area is 79.7 Å². The maximum Gasteiger partial charge on any atom is 0.0672 e. The molecule has 1 aromatic carbocycles. The van der Waals surface area contributed by atoms with E-state index < -0.39 is 0 Å². The number of hydrogen-bond donors (Lipinski definition) is 0. The predicted molar refractivity (Wildman–Crippen MR) is 56.3 cm³/mol. The van der Waals surface area contributed by atoms with Crippen LogP contribution in [0.2, 0.25) is 0 Å². The minimum Gasteiger partial charge on any atom is -0.361 e. The Kier molecular flexibility index (Phi) is 2.09. The molecule has 1 atom stereocenters. The van der Waals surface area contributed by atoms with Crippen LogP contribution >= 0.6 is 0 Å². The lowest BCUT2D eigenvalue weighted by atomic mass is 10.1. The zero-order valence-electron chi connectivity index (χ0n) is 8.20. The molecule has 0 unspecified atom stereocenters. The zero-order chi connectivity index (χ0) is 9.26. The number of rotatable bonds is 1. The molecule has 0 bridgehead atoms. The first-order chi connectivity index (χ1) is 6.45. The van der Waals surface area contributed by atoms with Crippen LogP contribution in [0.3, 0.4) is 0 Å². The van der Waals surface area contributed by atoms with Crippen LogP contribution in [-0.2, 0) is 0 Å². The summed E-state index contributed by atoms with van der Waals surface area (Å²) in [6.07, 6.45) is 2.34. The van der Waals surface area contributed by atoms with Crippen LogP contribution < -0.4 is 0 Å². The molecule has 68 valence electrons. The number of hydrogen-bond acceptors (Lipinski definition) is 1. The summed E-state index contributed by atoms with van der Waals surface area (Å²) < 4.78 is 0. The number of nitrogens with zero attached hydrogens (tertiary/aromatic N) is 1. The molecule has 3 rings (SSSR count). The fraction of sp³-hybridized carbons (Fsp3) is 0.333. The van der Waals surface area contributed by atoms with Crippen molar-refractivity contribution < 1.29 is 0 Å². The van der Waals surface area contributed by atoms with Gasteiger partial charge >= 0.3 is 0 Å². The summed E-state index contributed by atoms with van der Waals surface area (Å²) in [6.45, 7) is 5.25. The van der Waals surface area contributed by atoms with Gasteiger partial charge in [0.15, 0.2) is 0 Å². The number of benzene rings is 1. The highest BCUT2D eigenvalue weighted by molar-refractivity contribution is 5.74. The van der Waals surface area contributed by atoms with Gasteiger partial charge in [-0.3, -0.25) is 0 Å². The second kappa shape index (κ2) is 3.25. The van der Waals surface area contributed by atoms with E-state index in [0.29, 0.717) is 0 Å². The van der Waals surface area contributed by atoms with Gasteiger partial charge in [0.05, 0.1) is 6.04 Å². The van der Waals surface area contributed by atoms with Gasteiger partial charge in [-0.05, 0) is 11.6 Å². The second-order valence-electron chi connectivity index (χ2n) is 3.14. The minimum atomic E-state index is 0.796. The van der Waals surface area contributed by atoms with E-state index in [9.17, 15) is 0 Å². The number of fused-ring (bicyclic) bond motifs is 1. The van der Waals surface area contributed by atoms with Gasteiger partial charge < -0.3 is 4.90 Å². The maximum absolute atomic E-state index is 2.41. The third-order valence-electron chi connectivity index (χ3n) is 2.38. The Hall–Kier alpha value is -1.24. The fourth-order valence-electron chi connectivity index (χ4n) is 1.64. The first-order valence-electron chi connectivity index (χ1n) is 4.99. The van der Waals surface area contributed by atoms with Crippen molar-refractivity contribution in [3.8, 4) is 0 Å². The van der Waals surface area contributed by atoms with Crippen LogP contribution in [0.4, 0.5) is 0 Å². The normalized spacial score (nSPS) is 21.8. The molecular weight excluding hydrogens is 158 g/mol. The summed E-state index contributed by atoms with van der Waals surface area (Å²) in [6, 6.07) is 11.4. The molecule has 0 aliphatic carbocycles. The molecular formula is C12H15N. The lowest BCUT2D eigenvalue weighted by Crippen LogP contribution is -2.09. The van der Waals surface area contributed by atoms with Gasteiger partial charge in [0.1, 0.15) is 0 Å². The van der Waals surface area contributed by atoms with Crippen LogP contribution in [0.25, 0.3) is 5.70 Å². The molecule has 0 spiro atoms. The molecule has 0 saturated carbocycles. The monoisotopic (exact) mass is 173 g/mol. The van der Waals surface area contributed by atoms with Crippen LogP contribution in [-0.4, -0.2) is 17.5 Å². The molecule has 1 saturated heterocycles. The third-order valence-corrected chi connectivity index (χ3v) is 2.38. The molecule has 1 heteroatoms. The van der Waals surface area contributed by atoms with Crippen molar-refractivity contribution in [3.05, 3.63) is 42.0 Å². The molecule has 0 aromatic heterocycles. The zero-order valence-corrected chi connectivity index (χ0v) is 8.20. The van der Waals surface area contributed by atoms with Gasteiger partial charge in [-0.2, -0.15) is 0 Å². The van der Waals surface area contributed by atoms with Crippen molar-refractivity contribution in [1.82, 2.24) is 4.90 Å². The summed E-state index contributed by atoms with van der Waals surface area (Å²) in [5.74, 6) is 0. The second-order valence-corrected chi connectivity index (χ2v) is 3.14. The first kappa shape index (κ1) is 8.36. The molecule has 13 heavy (non-hydrogen) atoms. The van der Waals surface area contributed by atoms with Crippen molar-refractivity contribution >= 4 is 5.70 Å². The Balaban J connectivity index is 0.000000308. The topological polar surface area (TPSA) is 3.01 Å². The van der Waals surface area contributed by atoms with E-state index in [1.54, 1.807) is 0 Å². The molecule has 0 radical (unpaired) electrons. The van der Waals surface area contributed by atoms with Gasteiger partial charge in [-0.15, -0.1) is 0 Å². The fourth-order valence-corrected chi connectivity index (χ4v) is 1.64. The summed E-state index contributed by atoms with van der Waals surface area (Å²) in [7, 11) is 0. The molecule has 2 aliphatic rings. The highest BCUT2D eigenvalue weighted by atomic mass is 15.4. The van der Waals surface area contributed by atoms with Crippen LogP contribution in [0.1, 0.15) is 19.4 Å². The summed E-state index contributed by atoms with van der Waals surface area (Å²) in [4.78, 5) is 2.41. The van der Waals surface area contributed by atoms with Crippen molar-refractivity contribution in [2.75, 3.05) is 6.54 Å².